The molecule has 0 aliphatic rings. The average molecular weight is 243 g/mol. The second-order valence-electron chi connectivity index (χ2n) is 3.86. The summed E-state index contributed by atoms with van der Waals surface area (Å²) in [7, 11) is 0. The quantitative estimate of drug-likeness (QED) is 0.562. The number of aryl methyl sites for hydroxylation is 1. The summed E-state index contributed by atoms with van der Waals surface area (Å²) in [4.78, 5) is 11.0. The van der Waals surface area contributed by atoms with Crippen molar-refractivity contribution in [1.29, 1.82) is 0 Å². The van der Waals surface area contributed by atoms with Crippen molar-refractivity contribution in [1.82, 2.24) is 14.8 Å². The number of aliphatic hydroxyl groups excluding tert-OH is 2. The summed E-state index contributed by atoms with van der Waals surface area (Å²) >= 11 is 0. The van der Waals surface area contributed by atoms with E-state index >= 15 is 0 Å². The normalized spacial score (nSPS) is 14.5. The number of carboxylic acid groups (broad SMARTS) is 1. The molecular formula is C10H17N3O4. The summed E-state index contributed by atoms with van der Waals surface area (Å²) in [6.45, 7) is 1.50. The van der Waals surface area contributed by atoms with Gasteiger partial charge in [0.05, 0.1) is 6.10 Å². The number of hydrogen-bond donors (Lipinski definition) is 3. The molecule has 96 valence electrons. The Morgan fingerprint density at radius 1 is 1.53 bits per heavy atom. The fraction of sp³-hybridized carbons (Fsp3) is 0.700. The van der Waals surface area contributed by atoms with Crippen molar-refractivity contribution < 1.29 is 20.1 Å². The number of hydrogen-bond acceptors (Lipinski definition) is 5. The number of aliphatic carboxylic acids is 1. The molecule has 0 amide bonds. The van der Waals surface area contributed by atoms with Crippen molar-refractivity contribution in [3.63, 3.8) is 0 Å². The summed E-state index contributed by atoms with van der Waals surface area (Å²) in [6, 6.07) is -1.07. The molecule has 2 unspecified atom stereocenters. The van der Waals surface area contributed by atoms with E-state index in [4.69, 9.17) is 10.2 Å². The van der Waals surface area contributed by atoms with E-state index in [-0.39, 0.29) is 6.61 Å². The third-order valence-electron chi connectivity index (χ3n) is 2.47. The number of carbonyl (C=O) groups is 1. The largest absolute Gasteiger partial charge is 0.480 e. The lowest BCUT2D eigenvalue weighted by molar-refractivity contribution is -0.144. The molecule has 1 aromatic heterocycles. The highest BCUT2D eigenvalue weighted by Crippen LogP contribution is 2.15. The van der Waals surface area contributed by atoms with Gasteiger partial charge in [-0.25, -0.2) is 4.79 Å². The van der Waals surface area contributed by atoms with Gasteiger partial charge in [-0.3, -0.25) is 0 Å². The Bertz CT molecular complexity index is 364. The van der Waals surface area contributed by atoms with E-state index in [0.29, 0.717) is 25.1 Å². The molecule has 1 aromatic rings. The lowest BCUT2D eigenvalue weighted by Gasteiger charge is -2.18. The number of rotatable bonds is 7. The third-order valence-corrected chi connectivity index (χ3v) is 2.47. The SMILES string of the molecule is CC(O)C(C(=O)O)n1cnnc1CCCCO. The van der Waals surface area contributed by atoms with E-state index in [1.54, 1.807) is 0 Å². The topological polar surface area (TPSA) is 108 Å². The first kappa shape index (κ1) is 13.6. The fourth-order valence-electron chi connectivity index (χ4n) is 1.63. The van der Waals surface area contributed by atoms with Gasteiger partial charge in [-0.2, -0.15) is 0 Å². The van der Waals surface area contributed by atoms with Crippen molar-refractivity contribution >= 4 is 5.97 Å². The summed E-state index contributed by atoms with van der Waals surface area (Å²) in [6.07, 6.45) is 2.12. The maximum Gasteiger partial charge on any atom is 0.329 e. The number of nitrogens with zero attached hydrogens (tertiary/aromatic N) is 3. The van der Waals surface area contributed by atoms with Gasteiger partial charge in [0.1, 0.15) is 12.2 Å². The Balaban J connectivity index is 2.81. The molecule has 0 fully saturated rings. The van der Waals surface area contributed by atoms with E-state index < -0.39 is 18.1 Å². The molecule has 0 aliphatic carbocycles. The van der Waals surface area contributed by atoms with Crippen LogP contribution >= 0.6 is 0 Å². The van der Waals surface area contributed by atoms with Crippen LogP contribution in [0.25, 0.3) is 0 Å². The molecule has 0 spiro atoms. The van der Waals surface area contributed by atoms with Crippen LogP contribution in [0.4, 0.5) is 0 Å². The molecule has 1 heterocycles. The van der Waals surface area contributed by atoms with Crippen molar-refractivity contribution in [2.75, 3.05) is 6.61 Å². The molecule has 17 heavy (non-hydrogen) atoms. The van der Waals surface area contributed by atoms with Gasteiger partial charge in [0.2, 0.25) is 0 Å². The van der Waals surface area contributed by atoms with Gasteiger partial charge < -0.3 is 19.9 Å². The average Bonchev–Trinajstić information content (AvgIpc) is 2.66. The van der Waals surface area contributed by atoms with Crippen LogP contribution in [0.5, 0.6) is 0 Å². The van der Waals surface area contributed by atoms with Crippen LogP contribution in [-0.4, -0.2) is 48.8 Å². The predicted molar refractivity (Wildman–Crippen MR) is 58.4 cm³/mol. The van der Waals surface area contributed by atoms with Crippen molar-refractivity contribution in [3.8, 4) is 0 Å². The number of aromatic nitrogens is 3. The van der Waals surface area contributed by atoms with E-state index in [1.807, 2.05) is 0 Å². The van der Waals surface area contributed by atoms with Gasteiger partial charge in [0.25, 0.3) is 0 Å². The minimum absolute atomic E-state index is 0.0902. The highest BCUT2D eigenvalue weighted by molar-refractivity contribution is 5.72. The van der Waals surface area contributed by atoms with Gasteiger partial charge in [-0.1, -0.05) is 0 Å². The zero-order valence-corrected chi connectivity index (χ0v) is 9.65. The van der Waals surface area contributed by atoms with Crippen LogP contribution in [0.15, 0.2) is 6.33 Å². The van der Waals surface area contributed by atoms with E-state index in [1.165, 1.54) is 17.8 Å². The van der Waals surface area contributed by atoms with Crippen LogP contribution in [0.1, 0.15) is 31.6 Å². The Morgan fingerprint density at radius 3 is 2.76 bits per heavy atom. The first-order valence-corrected chi connectivity index (χ1v) is 5.48. The lowest BCUT2D eigenvalue weighted by Crippen LogP contribution is -2.30. The third kappa shape index (κ3) is 3.50. The molecule has 0 aromatic carbocycles. The maximum absolute atomic E-state index is 11.0. The highest BCUT2D eigenvalue weighted by Gasteiger charge is 2.27. The Labute approximate surface area is 98.7 Å². The number of carboxylic acids is 1. The minimum Gasteiger partial charge on any atom is -0.480 e. The molecule has 0 radical (unpaired) electrons. The monoisotopic (exact) mass is 243 g/mol. The lowest BCUT2D eigenvalue weighted by atomic mass is 10.1. The van der Waals surface area contributed by atoms with Crippen LogP contribution < -0.4 is 0 Å². The van der Waals surface area contributed by atoms with E-state index in [2.05, 4.69) is 10.2 Å². The molecule has 0 bridgehead atoms. The Kier molecular flexibility index (Phi) is 5.05. The zero-order chi connectivity index (χ0) is 12.8. The first-order valence-electron chi connectivity index (χ1n) is 5.48. The summed E-state index contributed by atoms with van der Waals surface area (Å²) in [5, 5.41) is 34.7. The highest BCUT2D eigenvalue weighted by atomic mass is 16.4. The smallest absolute Gasteiger partial charge is 0.329 e. The molecule has 2 atom stereocenters. The van der Waals surface area contributed by atoms with Gasteiger partial charge in [-0.05, 0) is 19.8 Å². The summed E-state index contributed by atoms with van der Waals surface area (Å²) in [5.41, 5.74) is 0. The number of unbranched alkanes of at least 4 members (excludes halogenated alkanes) is 1. The van der Waals surface area contributed by atoms with E-state index in [0.717, 1.165) is 0 Å². The van der Waals surface area contributed by atoms with Gasteiger partial charge in [-0.15, -0.1) is 10.2 Å². The fourth-order valence-corrected chi connectivity index (χ4v) is 1.63. The van der Waals surface area contributed by atoms with Crippen LogP contribution in [0, 0.1) is 0 Å². The molecule has 0 saturated carbocycles. The van der Waals surface area contributed by atoms with Crippen LogP contribution in [0.2, 0.25) is 0 Å². The van der Waals surface area contributed by atoms with Crippen molar-refractivity contribution in [3.05, 3.63) is 12.2 Å². The minimum atomic E-state index is -1.12. The zero-order valence-electron chi connectivity index (χ0n) is 9.65. The molecule has 1 rings (SSSR count). The van der Waals surface area contributed by atoms with Gasteiger partial charge >= 0.3 is 5.97 Å². The van der Waals surface area contributed by atoms with Crippen molar-refractivity contribution in [2.45, 2.75) is 38.3 Å². The molecule has 7 nitrogen and oxygen atoms in total. The second-order valence-corrected chi connectivity index (χ2v) is 3.86. The first-order chi connectivity index (χ1) is 8.07. The number of aliphatic hydroxyl groups is 2. The Morgan fingerprint density at radius 2 is 2.24 bits per heavy atom. The van der Waals surface area contributed by atoms with Crippen LogP contribution in [0.3, 0.4) is 0 Å². The summed E-state index contributed by atoms with van der Waals surface area (Å²) < 4.78 is 1.37. The Hall–Kier alpha value is -1.47. The van der Waals surface area contributed by atoms with Crippen LogP contribution in [-0.2, 0) is 11.2 Å². The molecule has 0 saturated heterocycles. The predicted octanol–water partition coefficient (Wildman–Crippen LogP) is -0.400. The summed E-state index contributed by atoms with van der Waals surface area (Å²) in [5.74, 6) is -0.616. The van der Waals surface area contributed by atoms with Gasteiger partial charge in [0, 0.05) is 13.0 Å². The second kappa shape index (κ2) is 6.31. The standard InChI is InChI=1S/C10H17N3O4/c1-7(15)9(10(16)17)13-6-11-12-8(13)4-2-3-5-14/h6-7,9,14-15H,2-5H2,1H3,(H,16,17). The molecular weight excluding hydrogens is 226 g/mol. The molecule has 0 aliphatic heterocycles. The maximum atomic E-state index is 11.0. The van der Waals surface area contributed by atoms with Gasteiger partial charge in [0.15, 0.2) is 6.04 Å². The van der Waals surface area contributed by atoms with E-state index in [9.17, 15) is 9.90 Å². The molecule has 3 N–H and O–H groups in total. The van der Waals surface area contributed by atoms with Crippen molar-refractivity contribution in [2.24, 2.45) is 0 Å². The molecule has 7 heteroatoms.